The van der Waals surface area contributed by atoms with Crippen LogP contribution in [0.5, 0.6) is 0 Å². The van der Waals surface area contributed by atoms with Gasteiger partial charge in [-0.25, -0.2) is 12.8 Å². The molecule has 1 unspecified atom stereocenters. The Morgan fingerprint density at radius 1 is 1.19 bits per heavy atom. The van der Waals surface area contributed by atoms with Gasteiger partial charge in [-0.15, -0.1) is 0 Å². The highest BCUT2D eigenvalue weighted by Gasteiger charge is 2.18. The van der Waals surface area contributed by atoms with Crippen LogP contribution in [0.15, 0.2) is 47.4 Å². The molecule has 0 amide bonds. The van der Waals surface area contributed by atoms with Crippen molar-refractivity contribution >= 4 is 15.7 Å². The molecule has 4 nitrogen and oxygen atoms in total. The molecule has 0 fully saturated rings. The Balaban J connectivity index is 2.40. The number of aliphatic hydroxyl groups is 1. The van der Waals surface area contributed by atoms with Gasteiger partial charge in [-0.2, -0.15) is 0 Å². The van der Waals surface area contributed by atoms with Gasteiger partial charge < -0.3 is 5.11 Å². The van der Waals surface area contributed by atoms with E-state index in [1.54, 1.807) is 38.1 Å². The van der Waals surface area contributed by atoms with Crippen molar-refractivity contribution in [3.05, 3.63) is 59.4 Å². The largest absolute Gasteiger partial charge is 0.389 e. The van der Waals surface area contributed by atoms with Crippen molar-refractivity contribution in [3.63, 3.8) is 0 Å². The minimum Gasteiger partial charge on any atom is -0.389 e. The predicted octanol–water partition coefficient (Wildman–Crippen LogP) is 2.99. The number of aliphatic hydroxyl groups excluding tert-OH is 1. The van der Waals surface area contributed by atoms with Gasteiger partial charge >= 0.3 is 0 Å². The zero-order chi connectivity index (χ0) is 15.6. The minimum atomic E-state index is -3.91. The molecule has 0 aliphatic heterocycles. The lowest BCUT2D eigenvalue weighted by Gasteiger charge is -2.14. The average molecular weight is 309 g/mol. The molecule has 2 rings (SSSR count). The van der Waals surface area contributed by atoms with Crippen molar-refractivity contribution in [2.24, 2.45) is 0 Å². The highest BCUT2D eigenvalue weighted by Crippen LogP contribution is 2.25. The molecular weight excluding hydrogens is 293 g/mol. The molecule has 6 heteroatoms. The van der Waals surface area contributed by atoms with Gasteiger partial charge in [0.05, 0.1) is 16.7 Å². The molecule has 0 aliphatic rings. The van der Waals surface area contributed by atoms with Crippen molar-refractivity contribution in [2.75, 3.05) is 4.72 Å². The molecule has 2 aromatic carbocycles. The van der Waals surface area contributed by atoms with Gasteiger partial charge in [-0.05, 0) is 37.6 Å². The SMILES string of the molecule is Cc1ccc(S(=O)(=O)Nc2ccccc2C(C)O)cc1F. The van der Waals surface area contributed by atoms with Crippen LogP contribution in [0.2, 0.25) is 0 Å². The van der Waals surface area contributed by atoms with Crippen LogP contribution < -0.4 is 4.72 Å². The molecule has 0 radical (unpaired) electrons. The number of anilines is 1. The fraction of sp³-hybridized carbons (Fsp3) is 0.200. The lowest BCUT2D eigenvalue weighted by Crippen LogP contribution is -2.15. The van der Waals surface area contributed by atoms with Crippen LogP contribution in [0.25, 0.3) is 0 Å². The van der Waals surface area contributed by atoms with Crippen LogP contribution >= 0.6 is 0 Å². The first kappa shape index (κ1) is 15.5. The van der Waals surface area contributed by atoms with Gasteiger partial charge in [0, 0.05) is 5.56 Å². The molecule has 0 bridgehead atoms. The third kappa shape index (κ3) is 3.40. The Morgan fingerprint density at radius 3 is 2.48 bits per heavy atom. The van der Waals surface area contributed by atoms with Crippen molar-refractivity contribution in [2.45, 2.75) is 24.8 Å². The Bertz CT molecular complexity index is 757. The molecule has 0 spiro atoms. The normalized spacial score (nSPS) is 13.0. The average Bonchev–Trinajstić information content (AvgIpc) is 2.41. The van der Waals surface area contributed by atoms with Crippen molar-refractivity contribution in [1.29, 1.82) is 0 Å². The molecular formula is C15H16FNO3S. The Labute approximate surface area is 123 Å². The van der Waals surface area contributed by atoms with Crippen molar-refractivity contribution < 1.29 is 17.9 Å². The summed E-state index contributed by atoms with van der Waals surface area (Å²) in [5, 5.41) is 9.66. The van der Waals surface area contributed by atoms with E-state index in [4.69, 9.17) is 0 Å². The van der Waals surface area contributed by atoms with Crippen molar-refractivity contribution in [3.8, 4) is 0 Å². The van der Waals surface area contributed by atoms with Gasteiger partial charge in [0.1, 0.15) is 5.82 Å². The molecule has 0 aliphatic carbocycles. The zero-order valence-electron chi connectivity index (χ0n) is 11.7. The summed E-state index contributed by atoms with van der Waals surface area (Å²) in [6.45, 7) is 3.10. The topological polar surface area (TPSA) is 66.4 Å². The smallest absolute Gasteiger partial charge is 0.262 e. The highest BCUT2D eigenvalue weighted by molar-refractivity contribution is 7.92. The number of sulfonamides is 1. The van der Waals surface area contributed by atoms with Gasteiger partial charge in [-0.3, -0.25) is 4.72 Å². The Morgan fingerprint density at radius 2 is 1.86 bits per heavy atom. The van der Waals surface area contributed by atoms with E-state index < -0.39 is 21.9 Å². The zero-order valence-corrected chi connectivity index (χ0v) is 12.5. The summed E-state index contributed by atoms with van der Waals surface area (Å²) >= 11 is 0. The van der Waals surface area contributed by atoms with E-state index in [9.17, 15) is 17.9 Å². The maximum absolute atomic E-state index is 13.5. The number of aryl methyl sites for hydroxylation is 1. The highest BCUT2D eigenvalue weighted by atomic mass is 32.2. The summed E-state index contributed by atoms with van der Waals surface area (Å²) < 4.78 is 40.5. The first-order valence-electron chi connectivity index (χ1n) is 6.37. The molecule has 112 valence electrons. The van der Waals surface area contributed by atoms with E-state index in [0.29, 0.717) is 11.1 Å². The van der Waals surface area contributed by atoms with Crippen molar-refractivity contribution in [1.82, 2.24) is 0 Å². The lowest BCUT2D eigenvalue weighted by atomic mass is 10.1. The van der Waals surface area contributed by atoms with E-state index in [1.807, 2.05) is 0 Å². The standard InChI is InChI=1S/C15H16FNO3S/c1-10-7-8-12(9-14(10)16)21(19,20)17-15-6-4-3-5-13(15)11(2)18/h3-9,11,17-18H,1-2H3. The number of rotatable bonds is 4. The number of benzene rings is 2. The third-order valence-corrected chi connectivity index (χ3v) is 4.47. The number of hydrogen-bond acceptors (Lipinski definition) is 3. The van der Waals surface area contributed by atoms with E-state index in [2.05, 4.69) is 4.72 Å². The quantitative estimate of drug-likeness (QED) is 0.912. The second kappa shape index (κ2) is 5.83. The molecule has 0 heterocycles. The molecule has 0 saturated carbocycles. The van der Waals surface area contributed by atoms with E-state index >= 15 is 0 Å². The summed E-state index contributed by atoms with van der Waals surface area (Å²) in [6, 6.07) is 10.2. The van der Waals surface area contributed by atoms with Crippen LogP contribution in [0.3, 0.4) is 0 Å². The Kier molecular flexibility index (Phi) is 4.29. The first-order valence-corrected chi connectivity index (χ1v) is 7.85. The molecule has 0 aromatic heterocycles. The van der Waals surface area contributed by atoms with Gasteiger partial charge in [0.2, 0.25) is 0 Å². The second-order valence-electron chi connectivity index (χ2n) is 4.78. The molecule has 2 aromatic rings. The van der Waals surface area contributed by atoms with Gasteiger partial charge in [0.15, 0.2) is 0 Å². The maximum Gasteiger partial charge on any atom is 0.262 e. The Hall–Kier alpha value is -1.92. The minimum absolute atomic E-state index is 0.161. The van der Waals surface area contributed by atoms with Crippen LogP contribution in [0, 0.1) is 12.7 Å². The number of para-hydroxylation sites is 1. The number of nitrogens with one attached hydrogen (secondary N) is 1. The summed E-state index contributed by atoms with van der Waals surface area (Å²) in [6.07, 6.45) is -0.821. The fourth-order valence-corrected chi connectivity index (χ4v) is 3.00. The van der Waals surface area contributed by atoms with Crippen LogP contribution in [-0.4, -0.2) is 13.5 Å². The monoisotopic (exact) mass is 309 g/mol. The maximum atomic E-state index is 13.5. The molecule has 1 atom stereocenters. The van der Waals surface area contributed by atoms with Gasteiger partial charge in [0.25, 0.3) is 10.0 Å². The summed E-state index contributed by atoms with van der Waals surface area (Å²) in [5.41, 5.74) is 1.10. The number of hydrogen-bond donors (Lipinski definition) is 2. The third-order valence-electron chi connectivity index (χ3n) is 3.11. The van der Waals surface area contributed by atoms with Crippen LogP contribution in [0.1, 0.15) is 24.2 Å². The van der Waals surface area contributed by atoms with E-state index in [0.717, 1.165) is 6.07 Å². The summed E-state index contributed by atoms with van der Waals surface area (Å²) in [7, 11) is -3.91. The van der Waals surface area contributed by atoms with Gasteiger partial charge in [-0.1, -0.05) is 24.3 Å². The molecule has 2 N–H and O–H groups in total. The fourth-order valence-electron chi connectivity index (χ4n) is 1.90. The molecule has 0 saturated heterocycles. The van der Waals surface area contributed by atoms with E-state index in [1.165, 1.54) is 12.1 Å². The van der Waals surface area contributed by atoms with Crippen LogP contribution in [-0.2, 0) is 10.0 Å². The first-order chi connectivity index (χ1) is 9.81. The molecule has 21 heavy (non-hydrogen) atoms. The lowest BCUT2D eigenvalue weighted by molar-refractivity contribution is 0.200. The second-order valence-corrected chi connectivity index (χ2v) is 6.46. The summed E-state index contributed by atoms with van der Waals surface area (Å²) in [5.74, 6) is -0.582. The predicted molar refractivity (Wildman–Crippen MR) is 79.0 cm³/mol. The van der Waals surface area contributed by atoms with Crippen LogP contribution in [0.4, 0.5) is 10.1 Å². The van der Waals surface area contributed by atoms with E-state index in [-0.39, 0.29) is 10.6 Å². The summed E-state index contributed by atoms with van der Waals surface area (Å²) in [4.78, 5) is -0.161. The number of halogens is 1.